The number of nitrogens with zero attached hydrogens (tertiary/aromatic N) is 2. The SMILES string of the molecule is CCC(=O)Nc1c(-c2ccccn2)cccc1S(=O)(=O)NC(CCCc1ccc(N)nc1)C(=O)C1CNCCC1CC.Cl. The summed E-state index contributed by atoms with van der Waals surface area (Å²) in [6.07, 6.45) is 6.66. The first-order valence-electron chi connectivity index (χ1n) is 14.5. The average molecular weight is 629 g/mol. The number of benzene rings is 1. The van der Waals surface area contributed by atoms with E-state index in [1.165, 1.54) is 6.07 Å². The molecule has 3 heterocycles. The minimum absolute atomic E-state index is 0. The number of carbonyl (C=O) groups excluding carboxylic acids is 2. The second-order valence-electron chi connectivity index (χ2n) is 10.6. The number of nitrogen functional groups attached to an aromatic ring is 1. The number of Topliss-reactive ketones (excluding diaryl/α,β-unsaturated/α-hetero) is 1. The minimum Gasteiger partial charge on any atom is -0.384 e. The van der Waals surface area contributed by atoms with Crippen LogP contribution in [-0.4, -0.2) is 49.2 Å². The van der Waals surface area contributed by atoms with Crippen LogP contribution < -0.4 is 21.1 Å². The Morgan fingerprint density at radius 1 is 1.09 bits per heavy atom. The zero-order valence-electron chi connectivity index (χ0n) is 24.6. The number of halogens is 1. The molecule has 232 valence electrons. The van der Waals surface area contributed by atoms with Crippen molar-refractivity contribution >= 4 is 45.6 Å². The lowest BCUT2D eigenvalue weighted by Crippen LogP contribution is -2.50. The van der Waals surface area contributed by atoms with E-state index >= 15 is 0 Å². The Morgan fingerprint density at radius 2 is 1.91 bits per heavy atom. The largest absolute Gasteiger partial charge is 0.384 e. The molecular formula is C31H41ClN6O4S. The van der Waals surface area contributed by atoms with Crippen molar-refractivity contribution < 1.29 is 18.0 Å². The number of para-hydroxylation sites is 1. The molecule has 3 unspecified atom stereocenters. The number of nitrogens with one attached hydrogen (secondary N) is 3. The third-order valence-corrected chi connectivity index (χ3v) is 9.32. The molecule has 0 bridgehead atoms. The van der Waals surface area contributed by atoms with Crippen molar-refractivity contribution in [2.45, 2.75) is 63.3 Å². The monoisotopic (exact) mass is 628 g/mol. The number of hydrogen-bond donors (Lipinski definition) is 4. The van der Waals surface area contributed by atoms with Gasteiger partial charge in [0.25, 0.3) is 0 Å². The summed E-state index contributed by atoms with van der Waals surface area (Å²) < 4.78 is 30.8. The first kappa shape index (κ1) is 34.1. The highest BCUT2D eigenvalue weighted by molar-refractivity contribution is 7.89. The van der Waals surface area contributed by atoms with Crippen molar-refractivity contribution in [2.24, 2.45) is 11.8 Å². The fourth-order valence-corrected chi connectivity index (χ4v) is 6.87. The van der Waals surface area contributed by atoms with Crippen LogP contribution in [0.3, 0.4) is 0 Å². The lowest BCUT2D eigenvalue weighted by atomic mass is 9.79. The molecule has 10 nitrogen and oxygen atoms in total. The fraction of sp³-hybridized carbons (Fsp3) is 0.419. The third-order valence-electron chi connectivity index (χ3n) is 7.80. The predicted molar refractivity (Wildman–Crippen MR) is 171 cm³/mol. The van der Waals surface area contributed by atoms with Crippen LogP contribution in [0.15, 0.2) is 65.8 Å². The Kier molecular flexibility index (Phi) is 12.6. The highest BCUT2D eigenvalue weighted by Gasteiger charge is 2.36. The minimum atomic E-state index is -4.25. The number of aromatic nitrogens is 2. The molecule has 43 heavy (non-hydrogen) atoms. The van der Waals surface area contributed by atoms with Gasteiger partial charge in [-0.3, -0.25) is 14.6 Å². The number of nitrogens with two attached hydrogens (primary N) is 1. The number of piperidine rings is 1. The summed E-state index contributed by atoms with van der Waals surface area (Å²) in [6.45, 7) is 5.11. The first-order valence-corrected chi connectivity index (χ1v) is 16.0. The van der Waals surface area contributed by atoms with E-state index in [0.717, 1.165) is 24.9 Å². The van der Waals surface area contributed by atoms with Crippen molar-refractivity contribution in [3.8, 4) is 11.3 Å². The number of ketones is 1. The summed E-state index contributed by atoms with van der Waals surface area (Å²) in [7, 11) is -4.25. The smallest absolute Gasteiger partial charge is 0.243 e. The molecule has 3 atom stereocenters. The van der Waals surface area contributed by atoms with Gasteiger partial charge >= 0.3 is 0 Å². The Bertz CT molecular complexity index is 1470. The molecule has 1 aliphatic rings. The summed E-state index contributed by atoms with van der Waals surface area (Å²) in [4.78, 5) is 34.9. The first-order chi connectivity index (χ1) is 20.2. The average Bonchev–Trinajstić information content (AvgIpc) is 3.01. The summed E-state index contributed by atoms with van der Waals surface area (Å²) in [5.41, 5.74) is 7.79. The van der Waals surface area contributed by atoms with E-state index in [1.807, 2.05) is 6.07 Å². The van der Waals surface area contributed by atoms with Crippen LogP contribution in [0, 0.1) is 11.8 Å². The van der Waals surface area contributed by atoms with Gasteiger partial charge in [0.2, 0.25) is 15.9 Å². The number of amides is 1. The maximum absolute atomic E-state index is 14.1. The summed E-state index contributed by atoms with van der Waals surface area (Å²) in [6, 6.07) is 12.7. The number of carbonyl (C=O) groups is 2. The van der Waals surface area contributed by atoms with E-state index in [9.17, 15) is 18.0 Å². The van der Waals surface area contributed by atoms with E-state index in [1.54, 1.807) is 55.7 Å². The van der Waals surface area contributed by atoms with Crippen LogP contribution >= 0.6 is 12.4 Å². The summed E-state index contributed by atoms with van der Waals surface area (Å²) >= 11 is 0. The molecule has 1 fully saturated rings. The number of aryl methyl sites for hydroxylation is 1. The zero-order chi connectivity index (χ0) is 30.1. The van der Waals surface area contributed by atoms with Crippen molar-refractivity contribution in [3.05, 3.63) is 66.5 Å². The Morgan fingerprint density at radius 3 is 2.58 bits per heavy atom. The van der Waals surface area contributed by atoms with Crippen molar-refractivity contribution in [2.75, 3.05) is 24.1 Å². The van der Waals surface area contributed by atoms with Crippen LogP contribution in [0.25, 0.3) is 11.3 Å². The molecule has 0 saturated carbocycles. The Balaban J connectivity index is 0.00000506. The molecule has 0 spiro atoms. The number of rotatable bonds is 13. The molecule has 0 aliphatic carbocycles. The highest BCUT2D eigenvalue weighted by atomic mass is 35.5. The topological polar surface area (TPSA) is 156 Å². The van der Waals surface area contributed by atoms with Crippen molar-refractivity contribution in [3.63, 3.8) is 0 Å². The van der Waals surface area contributed by atoms with Gasteiger partial charge in [0.15, 0.2) is 5.78 Å². The molecule has 12 heteroatoms. The van der Waals surface area contributed by atoms with Crippen LogP contribution in [0.4, 0.5) is 11.5 Å². The second kappa shape index (κ2) is 15.9. The molecule has 4 rings (SSSR count). The van der Waals surface area contributed by atoms with Crippen molar-refractivity contribution in [1.29, 1.82) is 0 Å². The standard InChI is InChI=1S/C31H40N6O4S.ClH/c1-3-22-16-18-33-20-24(22)31(39)26(12-7-9-21-14-15-28(32)35-19-21)37-42(40,41)27-13-8-10-23(25-11-5-6-17-34-25)30(27)36-29(38)4-2;/h5-6,8,10-11,13-15,17,19,22,24,26,33,37H,3-4,7,9,12,16,18,20H2,1-2H3,(H2,32,35)(H,36,38);1H. The van der Waals surface area contributed by atoms with Gasteiger partial charge in [-0.15, -0.1) is 12.4 Å². The van der Waals surface area contributed by atoms with Gasteiger partial charge in [-0.05, 0) is 68.0 Å². The van der Waals surface area contributed by atoms with Gasteiger partial charge in [-0.25, -0.2) is 18.1 Å². The van der Waals surface area contributed by atoms with Gasteiger partial charge in [-0.1, -0.05) is 44.5 Å². The van der Waals surface area contributed by atoms with Gasteiger partial charge in [0.1, 0.15) is 10.7 Å². The predicted octanol–water partition coefficient (Wildman–Crippen LogP) is 4.37. The lowest BCUT2D eigenvalue weighted by molar-refractivity contribution is -0.127. The second-order valence-corrected chi connectivity index (χ2v) is 12.3. The lowest BCUT2D eigenvalue weighted by Gasteiger charge is -2.33. The molecule has 1 amide bonds. The number of anilines is 2. The summed E-state index contributed by atoms with van der Waals surface area (Å²) in [5.74, 6) is -0.145. The molecule has 5 N–H and O–H groups in total. The Hall–Kier alpha value is -3.38. The van der Waals surface area contributed by atoms with Crippen LogP contribution in [0.5, 0.6) is 0 Å². The van der Waals surface area contributed by atoms with Gasteiger partial charge < -0.3 is 16.4 Å². The maximum atomic E-state index is 14.1. The number of sulfonamides is 1. The Labute approximate surface area is 260 Å². The maximum Gasteiger partial charge on any atom is 0.243 e. The van der Waals surface area contributed by atoms with E-state index in [0.29, 0.717) is 42.9 Å². The zero-order valence-corrected chi connectivity index (χ0v) is 26.2. The van der Waals surface area contributed by atoms with Gasteiger partial charge in [-0.2, -0.15) is 0 Å². The third kappa shape index (κ3) is 8.82. The molecule has 2 aromatic heterocycles. The molecule has 1 aliphatic heterocycles. The van der Waals surface area contributed by atoms with Gasteiger partial charge in [0.05, 0.1) is 17.4 Å². The van der Waals surface area contributed by atoms with Crippen molar-refractivity contribution in [1.82, 2.24) is 20.0 Å². The molecule has 3 aromatic rings. The number of hydrogen-bond acceptors (Lipinski definition) is 8. The van der Waals surface area contributed by atoms with Crippen LogP contribution in [0.1, 0.15) is 51.5 Å². The van der Waals surface area contributed by atoms with E-state index < -0.39 is 16.1 Å². The highest BCUT2D eigenvalue weighted by Crippen LogP contribution is 2.33. The quantitative estimate of drug-likeness (QED) is 0.217. The van der Waals surface area contributed by atoms with Crippen LogP contribution in [0.2, 0.25) is 0 Å². The number of pyridine rings is 2. The molecule has 1 saturated heterocycles. The summed E-state index contributed by atoms with van der Waals surface area (Å²) in [5, 5.41) is 6.08. The van der Waals surface area contributed by atoms with Gasteiger partial charge in [0, 0.05) is 36.8 Å². The molecule has 0 radical (unpaired) electrons. The normalized spacial score (nSPS) is 17.4. The molecular weight excluding hydrogens is 588 g/mol. The van der Waals surface area contributed by atoms with Crippen LogP contribution in [-0.2, 0) is 26.0 Å². The fourth-order valence-electron chi connectivity index (χ4n) is 5.44. The van der Waals surface area contributed by atoms with E-state index in [4.69, 9.17) is 5.73 Å². The van der Waals surface area contributed by atoms with E-state index in [-0.39, 0.29) is 52.9 Å². The van der Waals surface area contributed by atoms with E-state index in [2.05, 4.69) is 32.2 Å². The molecule has 1 aromatic carbocycles.